The van der Waals surface area contributed by atoms with E-state index in [1.807, 2.05) is 0 Å². The van der Waals surface area contributed by atoms with Crippen LogP contribution in [0.4, 0.5) is 0 Å². The first-order chi connectivity index (χ1) is 9.31. The number of hydrogen-bond acceptors (Lipinski definition) is 6. The van der Waals surface area contributed by atoms with Crippen LogP contribution in [0.3, 0.4) is 0 Å². The average Bonchev–Trinajstić information content (AvgIpc) is 2.97. The standard InChI is InChI=1S/C13H26N4O2/c1-18-12(19-2)11-14-3-5-15-7-9-17-10-8-16(6-4-14)13(15)17/h12-13H,3-11H2,1-2H3. The van der Waals surface area contributed by atoms with Gasteiger partial charge in [0, 0.05) is 73.1 Å². The first-order valence-electron chi connectivity index (χ1n) is 7.32. The third kappa shape index (κ3) is 2.79. The van der Waals surface area contributed by atoms with Crippen LogP contribution in [0.1, 0.15) is 0 Å². The van der Waals surface area contributed by atoms with Crippen molar-refractivity contribution >= 4 is 0 Å². The molecule has 3 aliphatic heterocycles. The zero-order valence-corrected chi connectivity index (χ0v) is 12.1. The summed E-state index contributed by atoms with van der Waals surface area (Å²) in [6.07, 6.45) is 0.478. The molecule has 0 saturated carbocycles. The Morgan fingerprint density at radius 1 is 0.789 bits per heavy atom. The molecule has 0 bridgehead atoms. The maximum Gasteiger partial charge on any atom is 0.169 e. The molecule has 0 amide bonds. The number of methoxy groups -OCH3 is 2. The Morgan fingerprint density at radius 3 is 1.63 bits per heavy atom. The van der Waals surface area contributed by atoms with Crippen LogP contribution in [-0.4, -0.2) is 105 Å². The predicted molar refractivity (Wildman–Crippen MR) is 72.8 cm³/mol. The number of rotatable bonds is 4. The minimum Gasteiger partial charge on any atom is -0.355 e. The average molecular weight is 270 g/mol. The van der Waals surface area contributed by atoms with Crippen molar-refractivity contribution in [2.75, 3.05) is 73.1 Å². The Labute approximate surface area is 115 Å². The summed E-state index contributed by atoms with van der Waals surface area (Å²) in [5, 5.41) is 0. The fraction of sp³-hybridized carbons (Fsp3) is 1.00. The Bertz CT molecular complexity index is 280. The van der Waals surface area contributed by atoms with Gasteiger partial charge < -0.3 is 9.47 Å². The van der Waals surface area contributed by atoms with Gasteiger partial charge in [0.2, 0.25) is 0 Å². The third-order valence-electron chi connectivity index (χ3n) is 4.67. The van der Waals surface area contributed by atoms with Crippen molar-refractivity contribution < 1.29 is 9.47 Å². The normalized spacial score (nSPS) is 27.9. The van der Waals surface area contributed by atoms with E-state index in [0.29, 0.717) is 6.29 Å². The summed E-state index contributed by atoms with van der Waals surface area (Å²) in [5.74, 6) is 0. The van der Waals surface area contributed by atoms with Crippen LogP contribution in [0.2, 0.25) is 0 Å². The molecule has 0 aromatic rings. The van der Waals surface area contributed by atoms with Gasteiger partial charge in [-0.05, 0) is 0 Å². The molecular formula is C13H26N4O2. The molecule has 3 aliphatic rings. The van der Waals surface area contributed by atoms with Gasteiger partial charge in [-0.25, -0.2) is 0 Å². The molecule has 3 saturated heterocycles. The van der Waals surface area contributed by atoms with Crippen LogP contribution in [0, 0.1) is 0 Å². The van der Waals surface area contributed by atoms with E-state index in [2.05, 4.69) is 19.6 Å². The van der Waals surface area contributed by atoms with Gasteiger partial charge in [0.25, 0.3) is 0 Å². The molecular weight excluding hydrogens is 244 g/mol. The molecule has 0 unspecified atom stereocenters. The highest BCUT2D eigenvalue weighted by molar-refractivity contribution is 4.90. The maximum atomic E-state index is 5.32. The molecule has 6 heteroatoms. The zero-order chi connectivity index (χ0) is 13.2. The highest BCUT2D eigenvalue weighted by atomic mass is 16.7. The van der Waals surface area contributed by atoms with Crippen molar-refractivity contribution in [3.63, 3.8) is 0 Å². The second kappa shape index (κ2) is 6.03. The Hall–Kier alpha value is -0.240. The van der Waals surface area contributed by atoms with Crippen LogP contribution in [0.5, 0.6) is 0 Å². The molecule has 0 spiro atoms. The molecule has 0 radical (unpaired) electrons. The lowest BCUT2D eigenvalue weighted by molar-refractivity contribution is -0.119. The van der Waals surface area contributed by atoms with Gasteiger partial charge in [0.15, 0.2) is 6.29 Å². The zero-order valence-electron chi connectivity index (χ0n) is 12.1. The van der Waals surface area contributed by atoms with Crippen LogP contribution in [0.15, 0.2) is 0 Å². The lowest BCUT2D eigenvalue weighted by atomic mass is 10.3. The Kier molecular flexibility index (Phi) is 4.36. The minimum absolute atomic E-state index is 0.108. The van der Waals surface area contributed by atoms with E-state index in [-0.39, 0.29) is 6.29 Å². The topological polar surface area (TPSA) is 31.4 Å². The molecule has 3 rings (SSSR count). The van der Waals surface area contributed by atoms with Gasteiger partial charge in [-0.3, -0.25) is 19.6 Å². The molecule has 0 atom stereocenters. The van der Waals surface area contributed by atoms with Crippen molar-refractivity contribution in [1.29, 1.82) is 0 Å². The molecule has 0 N–H and O–H groups in total. The fourth-order valence-electron chi connectivity index (χ4n) is 3.53. The summed E-state index contributed by atoms with van der Waals surface area (Å²) >= 11 is 0. The van der Waals surface area contributed by atoms with Crippen molar-refractivity contribution in [3.05, 3.63) is 0 Å². The Balaban J connectivity index is 1.59. The van der Waals surface area contributed by atoms with Crippen molar-refractivity contribution in [1.82, 2.24) is 19.6 Å². The molecule has 6 nitrogen and oxygen atoms in total. The van der Waals surface area contributed by atoms with Crippen LogP contribution in [-0.2, 0) is 9.47 Å². The largest absolute Gasteiger partial charge is 0.355 e. The van der Waals surface area contributed by atoms with Gasteiger partial charge in [-0.1, -0.05) is 0 Å². The summed E-state index contributed by atoms with van der Waals surface area (Å²) in [6.45, 7) is 10.3. The van der Waals surface area contributed by atoms with E-state index >= 15 is 0 Å². The second-order valence-electron chi connectivity index (χ2n) is 5.66. The highest BCUT2D eigenvalue weighted by Gasteiger charge is 2.41. The third-order valence-corrected chi connectivity index (χ3v) is 4.67. The van der Waals surface area contributed by atoms with Gasteiger partial charge >= 0.3 is 0 Å². The van der Waals surface area contributed by atoms with E-state index in [4.69, 9.17) is 9.47 Å². The maximum absolute atomic E-state index is 5.32. The molecule has 0 aromatic carbocycles. The Morgan fingerprint density at radius 2 is 1.21 bits per heavy atom. The molecule has 0 aromatic heterocycles. The molecule has 110 valence electrons. The summed E-state index contributed by atoms with van der Waals surface area (Å²) in [7, 11) is 3.43. The number of hydrogen-bond donors (Lipinski definition) is 0. The molecule has 0 aliphatic carbocycles. The van der Waals surface area contributed by atoms with Crippen LogP contribution < -0.4 is 0 Å². The summed E-state index contributed by atoms with van der Waals surface area (Å²) < 4.78 is 10.6. The summed E-state index contributed by atoms with van der Waals surface area (Å²) in [5.41, 5.74) is 0. The quantitative estimate of drug-likeness (QED) is 0.618. The fourth-order valence-corrected chi connectivity index (χ4v) is 3.53. The first-order valence-corrected chi connectivity index (χ1v) is 7.32. The first kappa shape index (κ1) is 13.7. The van der Waals surface area contributed by atoms with Crippen molar-refractivity contribution in [3.8, 4) is 0 Å². The highest BCUT2D eigenvalue weighted by Crippen LogP contribution is 2.24. The number of nitrogens with zero attached hydrogens (tertiary/aromatic N) is 4. The lowest BCUT2D eigenvalue weighted by Gasteiger charge is -2.38. The van der Waals surface area contributed by atoms with Gasteiger partial charge in [0.1, 0.15) is 6.29 Å². The summed E-state index contributed by atoms with van der Waals surface area (Å²) in [6, 6.07) is 0. The lowest BCUT2D eigenvalue weighted by Crippen LogP contribution is -2.53. The van der Waals surface area contributed by atoms with E-state index in [1.54, 1.807) is 14.2 Å². The minimum atomic E-state index is -0.108. The second-order valence-corrected chi connectivity index (χ2v) is 5.66. The van der Waals surface area contributed by atoms with E-state index in [9.17, 15) is 0 Å². The molecule has 19 heavy (non-hydrogen) atoms. The van der Waals surface area contributed by atoms with Gasteiger partial charge in [-0.2, -0.15) is 0 Å². The summed E-state index contributed by atoms with van der Waals surface area (Å²) in [4.78, 5) is 10.3. The smallest absolute Gasteiger partial charge is 0.169 e. The van der Waals surface area contributed by atoms with E-state index < -0.39 is 0 Å². The van der Waals surface area contributed by atoms with Gasteiger partial charge in [-0.15, -0.1) is 0 Å². The SMILES string of the molecule is COC(CN1CCN2CCN3CCN(CC1)C23)OC. The predicted octanol–water partition coefficient (Wildman–Crippen LogP) is -0.862. The van der Waals surface area contributed by atoms with E-state index in [0.717, 1.165) is 32.7 Å². The van der Waals surface area contributed by atoms with Crippen molar-refractivity contribution in [2.24, 2.45) is 0 Å². The van der Waals surface area contributed by atoms with Crippen LogP contribution >= 0.6 is 0 Å². The van der Waals surface area contributed by atoms with Gasteiger partial charge in [0.05, 0.1) is 0 Å². The van der Waals surface area contributed by atoms with E-state index in [1.165, 1.54) is 26.2 Å². The van der Waals surface area contributed by atoms with Crippen molar-refractivity contribution in [2.45, 2.75) is 12.6 Å². The monoisotopic (exact) mass is 270 g/mol. The molecule has 3 fully saturated rings. The van der Waals surface area contributed by atoms with Crippen LogP contribution in [0.25, 0.3) is 0 Å². The molecule has 3 heterocycles. The number of ether oxygens (including phenoxy) is 2.